The Labute approximate surface area is 157 Å². The quantitative estimate of drug-likeness (QED) is 0.845. The lowest BCUT2D eigenvalue weighted by molar-refractivity contribution is -0.119. The van der Waals surface area contributed by atoms with E-state index in [1.807, 2.05) is 11.8 Å². The van der Waals surface area contributed by atoms with Crippen LogP contribution in [0.15, 0.2) is 42.5 Å². The molecule has 0 aromatic heterocycles. The highest BCUT2D eigenvalue weighted by atomic mass is 35.5. The molecular formula is C19H20ClN3O3. The maximum Gasteiger partial charge on any atom is 0.257 e. The van der Waals surface area contributed by atoms with Crippen molar-refractivity contribution in [3.8, 4) is 0 Å². The van der Waals surface area contributed by atoms with E-state index in [9.17, 15) is 14.7 Å². The number of carbonyl (C=O) groups is 2. The van der Waals surface area contributed by atoms with E-state index in [1.54, 1.807) is 47.4 Å². The summed E-state index contributed by atoms with van der Waals surface area (Å²) < 4.78 is 0. The number of fused-ring (bicyclic) bond motifs is 2. The van der Waals surface area contributed by atoms with Gasteiger partial charge in [-0.3, -0.25) is 19.4 Å². The van der Waals surface area contributed by atoms with Crippen molar-refractivity contribution in [1.29, 1.82) is 0 Å². The van der Waals surface area contributed by atoms with E-state index in [0.29, 0.717) is 40.7 Å². The zero-order valence-corrected chi connectivity index (χ0v) is 15.2. The van der Waals surface area contributed by atoms with Crippen molar-refractivity contribution < 1.29 is 14.7 Å². The van der Waals surface area contributed by atoms with E-state index in [1.165, 1.54) is 0 Å². The minimum atomic E-state index is -0.290. The van der Waals surface area contributed by atoms with Gasteiger partial charge in [-0.15, -0.1) is 0 Å². The van der Waals surface area contributed by atoms with Gasteiger partial charge in [0, 0.05) is 11.6 Å². The summed E-state index contributed by atoms with van der Waals surface area (Å²) in [7, 11) is 0. The number of aliphatic hydroxyl groups is 1. The van der Waals surface area contributed by atoms with E-state index >= 15 is 0 Å². The Hall–Kier alpha value is -2.41. The maximum absolute atomic E-state index is 13.1. The van der Waals surface area contributed by atoms with Gasteiger partial charge < -0.3 is 10.4 Å². The van der Waals surface area contributed by atoms with Crippen LogP contribution >= 0.6 is 11.6 Å². The van der Waals surface area contributed by atoms with Crippen LogP contribution in [0.5, 0.6) is 0 Å². The number of hydrogen-bond donors (Lipinski definition) is 2. The standard InChI is InChI=1S/C19H20ClN3O3/c1-2-22(9-10-24)12-18(25)23-16-6-4-3-5-14(16)19(26)21-15-11-13(20)7-8-17(15)23/h3-8,11,24H,2,9-10,12H2,1H3,(H,21,26). The molecule has 26 heavy (non-hydrogen) atoms. The molecule has 136 valence electrons. The lowest BCUT2D eigenvalue weighted by Crippen LogP contribution is -2.39. The first-order chi connectivity index (χ1) is 12.5. The highest BCUT2D eigenvalue weighted by Crippen LogP contribution is 2.39. The summed E-state index contributed by atoms with van der Waals surface area (Å²) in [4.78, 5) is 29.1. The monoisotopic (exact) mass is 373 g/mol. The van der Waals surface area contributed by atoms with E-state index in [0.717, 1.165) is 0 Å². The Morgan fingerprint density at radius 3 is 2.73 bits per heavy atom. The van der Waals surface area contributed by atoms with Crippen LogP contribution < -0.4 is 10.2 Å². The fraction of sp³-hybridized carbons (Fsp3) is 0.263. The Morgan fingerprint density at radius 2 is 2.00 bits per heavy atom. The molecule has 2 N–H and O–H groups in total. The summed E-state index contributed by atoms with van der Waals surface area (Å²) in [6, 6.07) is 12.0. The third kappa shape index (κ3) is 3.58. The molecule has 1 aliphatic heterocycles. The zero-order valence-electron chi connectivity index (χ0n) is 14.4. The first-order valence-electron chi connectivity index (χ1n) is 8.41. The number of rotatable bonds is 5. The van der Waals surface area contributed by atoms with E-state index in [-0.39, 0.29) is 25.0 Å². The number of nitrogens with one attached hydrogen (secondary N) is 1. The first-order valence-corrected chi connectivity index (χ1v) is 8.79. The minimum Gasteiger partial charge on any atom is -0.395 e. The van der Waals surface area contributed by atoms with Gasteiger partial charge in [0.2, 0.25) is 5.91 Å². The average Bonchev–Trinajstić information content (AvgIpc) is 2.75. The molecule has 2 aromatic rings. The van der Waals surface area contributed by atoms with Gasteiger partial charge in [0.15, 0.2) is 0 Å². The molecule has 0 fully saturated rings. The highest BCUT2D eigenvalue weighted by Gasteiger charge is 2.29. The molecule has 0 atom stereocenters. The van der Waals surface area contributed by atoms with Crippen molar-refractivity contribution in [2.75, 3.05) is 36.5 Å². The number of anilines is 3. The number of carbonyl (C=O) groups excluding carboxylic acids is 2. The number of halogens is 1. The second-order valence-corrected chi connectivity index (χ2v) is 6.39. The molecule has 1 heterocycles. The second kappa shape index (κ2) is 7.86. The molecule has 0 saturated heterocycles. The number of para-hydroxylation sites is 1. The summed E-state index contributed by atoms with van der Waals surface area (Å²) in [5.41, 5.74) is 1.99. The number of nitrogens with zero attached hydrogens (tertiary/aromatic N) is 2. The molecule has 0 aliphatic carbocycles. The zero-order chi connectivity index (χ0) is 18.7. The van der Waals surface area contributed by atoms with Crippen molar-refractivity contribution in [3.63, 3.8) is 0 Å². The highest BCUT2D eigenvalue weighted by molar-refractivity contribution is 6.31. The smallest absolute Gasteiger partial charge is 0.257 e. The summed E-state index contributed by atoms with van der Waals surface area (Å²) in [6.45, 7) is 3.07. The van der Waals surface area contributed by atoms with Gasteiger partial charge in [0.05, 0.1) is 35.8 Å². The Kier molecular flexibility index (Phi) is 5.56. The second-order valence-electron chi connectivity index (χ2n) is 5.95. The van der Waals surface area contributed by atoms with E-state index < -0.39 is 0 Å². The largest absolute Gasteiger partial charge is 0.395 e. The third-order valence-electron chi connectivity index (χ3n) is 4.31. The molecule has 7 heteroatoms. The number of aliphatic hydroxyl groups excluding tert-OH is 1. The van der Waals surface area contributed by atoms with Gasteiger partial charge >= 0.3 is 0 Å². The molecule has 0 bridgehead atoms. The van der Waals surface area contributed by atoms with Crippen LogP contribution in [0.2, 0.25) is 5.02 Å². The normalized spacial score (nSPS) is 13.1. The fourth-order valence-corrected chi connectivity index (χ4v) is 3.18. The maximum atomic E-state index is 13.1. The van der Waals surface area contributed by atoms with Gasteiger partial charge in [-0.05, 0) is 36.9 Å². The number of benzene rings is 2. The summed E-state index contributed by atoms with van der Waals surface area (Å²) in [5.74, 6) is -0.477. The summed E-state index contributed by atoms with van der Waals surface area (Å²) >= 11 is 6.07. The van der Waals surface area contributed by atoms with Gasteiger partial charge in [0.25, 0.3) is 5.91 Å². The van der Waals surface area contributed by atoms with Crippen LogP contribution in [-0.4, -0.2) is 48.1 Å². The topological polar surface area (TPSA) is 72.9 Å². The van der Waals surface area contributed by atoms with Crippen molar-refractivity contribution in [2.24, 2.45) is 0 Å². The molecule has 0 saturated carbocycles. The average molecular weight is 374 g/mol. The number of amides is 2. The molecule has 6 nitrogen and oxygen atoms in total. The lowest BCUT2D eigenvalue weighted by atomic mass is 10.1. The predicted molar refractivity (Wildman–Crippen MR) is 102 cm³/mol. The Bertz CT molecular complexity index is 841. The molecule has 0 unspecified atom stereocenters. The van der Waals surface area contributed by atoms with Crippen molar-refractivity contribution in [1.82, 2.24) is 4.90 Å². The SMILES string of the molecule is CCN(CCO)CC(=O)N1c2ccc(Cl)cc2NC(=O)c2ccccc21. The van der Waals surface area contributed by atoms with Gasteiger partial charge in [-0.1, -0.05) is 30.7 Å². The van der Waals surface area contributed by atoms with Crippen molar-refractivity contribution in [3.05, 3.63) is 53.1 Å². The van der Waals surface area contributed by atoms with E-state index in [2.05, 4.69) is 5.32 Å². The van der Waals surface area contributed by atoms with Crippen LogP contribution in [0, 0.1) is 0 Å². The van der Waals surface area contributed by atoms with Gasteiger partial charge in [0.1, 0.15) is 0 Å². The molecule has 3 rings (SSSR count). The Morgan fingerprint density at radius 1 is 1.23 bits per heavy atom. The molecule has 0 spiro atoms. The summed E-state index contributed by atoms with van der Waals surface area (Å²) in [5, 5.41) is 12.5. The minimum absolute atomic E-state index is 0.0239. The van der Waals surface area contributed by atoms with Crippen LogP contribution in [-0.2, 0) is 4.79 Å². The molecule has 0 radical (unpaired) electrons. The van der Waals surface area contributed by atoms with Crippen LogP contribution in [0.4, 0.5) is 17.1 Å². The van der Waals surface area contributed by atoms with Crippen molar-refractivity contribution >= 4 is 40.5 Å². The fourth-order valence-electron chi connectivity index (χ4n) is 3.00. The Balaban J connectivity index is 2.09. The predicted octanol–water partition coefficient (Wildman–Crippen LogP) is 2.88. The van der Waals surface area contributed by atoms with Crippen molar-refractivity contribution in [2.45, 2.75) is 6.92 Å². The number of hydrogen-bond acceptors (Lipinski definition) is 4. The van der Waals surface area contributed by atoms with Crippen LogP contribution in [0.25, 0.3) is 0 Å². The summed E-state index contributed by atoms with van der Waals surface area (Å²) in [6.07, 6.45) is 0. The van der Waals surface area contributed by atoms with Gasteiger partial charge in [-0.25, -0.2) is 0 Å². The molecular weight excluding hydrogens is 354 g/mol. The van der Waals surface area contributed by atoms with Crippen LogP contribution in [0.3, 0.4) is 0 Å². The number of likely N-dealkylation sites (N-methyl/N-ethyl adjacent to an activating group) is 1. The third-order valence-corrected chi connectivity index (χ3v) is 4.54. The molecule has 1 aliphatic rings. The van der Waals surface area contributed by atoms with Crippen LogP contribution in [0.1, 0.15) is 17.3 Å². The first kappa shape index (κ1) is 18.4. The molecule has 2 amide bonds. The lowest BCUT2D eigenvalue weighted by Gasteiger charge is -2.27. The molecule has 2 aromatic carbocycles. The van der Waals surface area contributed by atoms with Gasteiger partial charge in [-0.2, -0.15) is 0 Å². The van der Waals surface area contributed by atoms with E-state index in [4.69, 9.17) is 11.6 Å².